The molecule has 0 saturated heterocycles. The van der Waals surface area contributed by atoms with Gasteiger partial charge < -0.3 is 15.5 Å². The molecule has 5 nitrogen and oxygen atoms in total. The van der Waals surface area contributed by atoms with E-state index in [4.69, 9.17) is 10.5 Å². The van der Waals surface area contributed by atoms with Crippen LogP contribution in [0.2, 0.25) is 0 Å². The Morgan fingerprint density at radius 2 is 2.14 bits per heavy atom. The van der Waals surface area contributed by atoms with Crippen LogP contribution in [0.15, 0.2) is 40.1 Å². The van der Waals surface area contributed by atoms with Gasteiger partial charge >= 0.3 is 0 Å². The van der Waals surface area contributed by atoms with Crippen LogP contribution in [0, 0.1) is 0 Å². The van der Waals surface area contributed by atoms with Gasteiger partial charge in [-0.05, 0) is 32.1 Å². The predicted molar refractivity (Wildman–Crippen MR) is 86.9 cm³/mol. The fraction of sp³-hybridized carbons (Fsp3) is 0.250. The molecule has 0 atom stereocenters. The second-order valence-corrected chi connectivity index (χ2v) is 4.97. The SMILES string of the molecule is COc1ccc2c(=O)cc(C(N)=CC=NC(C)C)[nH]c2c1. The zero-order valence-electron chi connectivity index (χ0n) is 12.4. The standard InChI is InChI=1S/C16H19N3O2/c1-10(2)18-7-6-13(17)15-9-16(20)12-5-4-11(21-3)8-14(12)19-15/h4-10H,17H2,1-3H3,(H,19,20). The Hall–Kier alpha value is -2.56. The first-order chi connectivity index (χ1) is 10.0. The van der Waals surface area contributed by atoms with E-state index in [1.54, 1.807) is 37.6 Å². The van der Waals surface area contributed by atoms with E-state index in [1.807, 2.05) is 13.8 Å². The molecule has 1 heterocycles. The summed E-state index contributed by atoms with van der Waals surface area (Å²) in [6, 6.07) is 6.95. The lowest BCUT2D eigenvalue weighted by Gasteiger charge is -2.06. The van der Waals surface area contributed by atoms with Crippen molar-refractivity contribution in [3.8, 4) is 5.75 Å². The molecule has 1 aromatic carbocycles. The van der Waals surface area contributed by atoms with Gasteiger partial charge in [-0.25, -0.2) is 0 Å². The molecule has 0 radical (unpaired) electrons. The number of ether oxygens (including phenoxy) is 1. The molecule has 0 saturated carbocycles. The van der Waals surface area contributed by atoms with Crippen molar-refractivity contribution in [3.63, 3.8) is 0 Å². The Morgan fingerprint density at radius 1 is 1.38 bits per heavy atom. The number of H-pyrrole nitrogens is 1. The fourth-order valence-electron chi connectivity index (χ4n) is 1.90. The molecule has 0 spiro atoms. The quantitative estimate of drug-likeness (QED) is 0.846. The molecule has 0 aliphatic carbocycles. The van der Waals surface area contributed by atoms with Gasteiger partial charge in [-0.15, -0.1) is 0 Å². The van der Waals surface area contributed by atoms with E-state index in [0.717, 1.165) is 0 Å². The molecule has 2 aromatic rings. The molecule has 0 bridgehead atoms. The second kappa shape index (κ2) is 6.26. The van der Waals surface area contributed by atoms with Crippen molar-refractivity contribution in [2.45, 2.75) is 19.9 Å². The summed E-state index contributed by atoms with van der Waals surface area (Å²) in [6.07, 6.45) is 3.32. The van der Waals surface area contributed by atoms with Gasteiger partial charge in [0.15, 0.2) is 5.43 Å². The van der Waals surface area contributed by atoms with E-state index in [-0.39, 0.29) is 11.5 Å². The largest absolute Gasteiger partial charge is 0.497 e. The lowest BCUT2D eigenvalue weighted by Crippen LogP contribution is -2.08. The minimum absolute atomic E-state index is 0.0847. The first-order valence-electron chi connectivity index (χ1n) is 6.71. The highest BCUT2D eigenvalue weighted by molar-refractivity contribution is 5.86. The summed E-state index contributed by atoms with van der Waals surface area (Å²) < 4.78 is 5.16. The Kier molecular flexibility index (Phi) is 4.42. The Morgan fingerprint density at radius 3 is 2.81 bits per heavy atom. The number of nitrogens with one attached hydrogen (secondary N) is 1. The van der Waals surface area contributed by atoms with Crippen LogP contribution in [-0.2, 0) is 0 Å². The first-order valence-corrected chi connectivity index (χ1v) is 6.71. The zero-order valence-corrected chi connectivity index (χ0v) is 12.4. The van der Waals surface area contributed by atoms with Crippen LogP contribution in [-0.4, -0.2) is 24.4 Å². The maximum Gasteiger partial charge on any atom is 0.190 e. The van der Waals surface area contributed by atoms with Gasteiger partial charge in [-0.3, -0.25) is 9.79 Å². The fourth-order valence-corrected chi connectivity index (χ4v) is 1.90. The van der Waals surface area contributed by atoms with Gasteiger partial charge in [-0.1, -0.05) is 0 Å². The van der Waals surface area contributed by atoms with Gasteiger partial charge in [0.1, 0.15) is 5.75 Å². The maximum absolute atomic E-state index is 12.1. The molecule has 1 aromatic heterocycles. The van der Waals surface area contributed by atoms with Crippen molar-refractivity contribution in [2.24, 2.45) is 10.7 Å². The molecule has 21 heavy (non-hydrogen) atoms. The molecule has 110 valence electrons. The van der Waals surface area contributed by atoms with E-state index in [2.05, 4.69) is 9.98 Å². The van der Waals surface area contributed by atoms with E-state index in [9.17, 15) is 4.79 Å². The van der Waals surface area contributed by atoms with Gasteiger partial charge in [0.2, 0.25) is 0 Å². The van der Waals surface area contributed by atoms with Crippen LogP contribution < -0.4 is 15.9 Å². The molecule has 0 fully saturated rings. The number of rotatable bonds is 4. The smallest absolute Gasteiger partial charge is 0.190 e. The number of aromatic amines is 1. The normalized spacial score (nSPS) is 12.5. The van der Waals surface area contributed by atoms with Gasteiger partial charge in [0, 0.05) is 29.8 Å². The summed E-state index contributed by atoms with van der Waals surface area (Å²) in [5, 5.41) is 0.600. The van der Waals surface area contributed by atoms with Crippen LogP contribution >= 0.6 is 0 Å². The minimum atomic E-state index is -0.0847. The third-order valence-electron chi connectivity index (χ3n) is 2.99. The molecule has 0 aliphatic rings. The van der Waals surface area contributed by atoms with E-state index in [1.165, 1.54) is 6.07 Å². The highest BCUT2D eigenvalue weighted by Gasteiger charge is 2.05. The highest BCUT2D eigenvalue weighted by Crippen LogP contribution is 2.18. The number of fused-ring (bicyclic) bond motifs is 1. The van der Waals surface area contributed by atoms with Crippen LogP contribution in [0.5, 0.6) is 5.75 Å². The van der Waals surface area contributed by atoms with Gasteiger partial charge in [0.25, 0.3) is 0 Å². The maximum atomic E-state index is 12.1. The topological polar surface area (TPSA) is 80.5 Å². The number of nitrogens with zero attached hydrogens (tertiary/aromatic N) is 1. The van der Waals surface area contributed by atoms with Crippen molar-refractivity contribution in [2.75, 3.05) is 7.11 Å². The number of methoxy groups -OCH3 is 1. The van der Waals surface area contributed by atoms with Crippen molar-refractivity contribution >= 4 is 22.8 Å². The number of nitrogens with two attached hydrogens (primary N) is 1. The average Bonchev–Trinajstić information content (AvgIpc) is 2.45. The highest BCUT2D eigenvalue weighted by atomic mass is 16.5. The van der Waals surface area contributed by atoms with Crippen molar-refractivity contribution in [3.05, 3.63) is 46.3 Å². The number of benzene rings is 1. The summed E-state index contributed by atoms with van der Waals surface area (Å²) in [5.74, 6) is 0.680. The number of aromatic nitrogens is 1. The number of hydrogen-bond donors (Lipinski definition) is 2. The van der Waals surface area contributed by atoms with Crippen molar-refractivity contribution in [1.82, 2.24) is 4.98 Å². The summed E-state index contributed by atoms with van der Waals surface area (Å²) in [6.45, 7) is 3.95. The van der Waals surface area contributed by atoms with Gasteiger partial charge in [-0.2, -0.15) is 0 Å². The third kappa shape index (κ3) is 3.51. The Bertz CT molecular complexity index is 758. The lowest BCUT2D eigenvalue weighted by atomic mass is 10.1. The molecule has 5 heteroatoms. The minimum Gasteiger partial charge on any atom is -0.497 e. The summed E-state index contributed by atoms with van der Waals surface area (Å²) in [7, 11) is 1.58. The molecule has 0 unspecified atom stereocenters. The number of aliphatic imine (C=N–C) groups is 1. The average molecular weight is 285 g/mol. The molecule has 0 amide bonds. The van der Waals surface area contributed by atoms with Crippen molar-refractivity contribution < 1.29 is 4.74 Å². The van der Waals surface area contributed by atoms with Crippen molar-refractivity contribution in [1.29, 1.82) is 0 Å². The lowest BCUT2D eigenvalue weighted by molar-refractivity contribution is 0.415. The summed E-state index contributed by atoms with van der Waals surface area (Å²) >= 11 is 0. The number of allylic oxidation sites excluding steroid dienone is 1. The summed E-state index contributed by atoms with van der Waals surface area (Å²) in [5.41, 5.74) is 7.61. The van der Waals surface area contributed by atoms with E-state index in [0.29, 0.717) is 28.0 Å². The van der Waals surface area contributed by atoms with Crippen LogP contribution in [0.1, 0.15) is 19.5 Å². The summed E-state index contributed by atoms with van der Waals surface area (Å²) in [4.78, 5) is 19.5. The first kappa shape index (κ1) is 14.8. The monoisotopic (exact) mass is 285 g/mol. The molecular formula is C16H19N3O2. The van der Waals surface area contributed by atoms with Crippen LogP contribution in [0.4, 0.5) is 0 Å². The molecular weight excluding hydrogens is 266 g/mol. The van der Waals surface area contributed by atoms with Crippen LogP contribution in [0.25, 0.3) is 16.6 Å². The molecule has 2 rings (SSSR count). The number of pyridine rings is 1. The zero-order chi connectivity index (χ0) is 15.4. The Labute approximate surface area is 123 Å². The number of hydrogen-bond acceptors (Lipinski definition) is 4. The third-order valence-corrected chi connectivity index (χ3v) is 2.99. The van der Waals surface area contributed by atoms with E-state index >= 15 is 0 Å². The predicted octanol–water partition coefficient (Wildman–Crippen LogP) is 2.32. The Balaban J connectivity index is 2.48. The van der Waals surface area contributed by atoms with Crippen LogP contribution in [0.3, 0.4) is 0 Å². The molecule has 3 N–H and O–H groups in total. The van der Waals surface area contributed by atoms with Gasteiger partial charge in [0.05, 0.1) is 24.0 Å². The van der Waals surface area contributed by atoms with E-state index < -0.39 is 0 Å². The second-order valence-electron chi connectivity index (χ2n) is 4.97. The molecule has 0 aliphatic heterocycles.